The van der Waals surface area contributed by atoms with Crippen LogP contribution in [-0.4, -0.2) is 10.1 Å². The van der Waals surface area contributed by atoms with Crippen molar-refractivity contribution < 1.29 is 4.52 Å². The van der Waals surface area contributed by atoms with E-state index in [0.717, 1.165) is 15.6 Å². The molecule has 3 aromatic rings. The highest BCUT2D eigenvalue weighted by Crippen LogP contribution is 2.27. The van der Waals surface area contributed by atoms with Crippen LogP contribution in [0.3, 0.4) is 0 Å². The summed E-state index contributed by atoms with van der Waals surface area (Å²) in [6, 6.07) is 11.1. The van der Waals surface area contributed by atoms with Gasteiger partial charge in [-0.1, -0.05) is 33.2 Å². The molecule has 0 amide bonds. The smallest absolute Gasteiger partial charge is 0.258 e. The Bertz CT molecular complexity index is 793. The van der Waals surface area contributed by atoms with Crippen molar-refractivity contribution in [2.45, 2.75) is 6.92 Å². The molecule has 4 N–H and O–H groups in total. The number of hydrogen-bond donors (Lipinski definition) is 2. The molecule has 0 saturated carbocycles. The second-order valence-corrected chi connectivity index (χ2v) is 5.63. The third-order valence-corrected chi connectivity index (χ3v) is 3.94. The van der Waals surface area contributed by atoms with E-state index in [1.807, 2.05) is 25.1 Å². The standard InChI is InChI=1S/C15H13BrN4O/c1-8-2-3-9(6-13(8)16)14-19-15(21-20-14)10-4-11(17)7-12(18)5-10/h2-7H,17-18H2,1H3. The summed E-state index contributed by atoms with van der Waals surface area (Å²) in [6.45, 7) is 2.02. The lowest BCUT2D eigenvalue weighted by molar-refractivity contribution is 0.432. The van der Waals surface area contributed by atoms with E-state index in [1.165, 1.54) is 0 Å². The van der Waals surface area contributed by atoms with Crippen LogP contribution < -0.4 is 11.5 Å². The van der Waals surface area contributed by atoms with Gasteiger partial charge in [-0.2, -0.15) is 4.98 Å². The summed E-state index contributed by atoms with van der Waals surface area (Å²) >= 11 is 3.49. The van der Waals surface area contributed by atoms with Crippen LogP contribution >= 0.6 is 15.9 Å². The number of nitrogen functional groups attached to an aromatic ring is 2. The van der Waals surface area contributed by atoms with Crippen LogP contribution in [0.4, 0.5) is 11.4 Å². The largest absolute Gasteiger partial charge is 0.399 e. The predicted octanol–water partition coefficient (Wildman–Crippen LogP) is 3.64. The van der Waals surface area contributed by atoms with Gasteiger partial charge in [-0.05, 0) is 36.8 Å². The van der Waals surface area contributed by atoms with Crippen LogP contribution in [0.15, 0.2) is 45.4 Å². The van der Waals surface area contributed by atoms with Crippen molar-refractivity contribution in [3.8, 4) is 22.8 Å². The lowest BCUT2D eigenvalue weighted by Crippen LogP contribution is -1.91. The third kappa shape index (κ3) is 2.75. The Balaban J connectivity index is 2.01. The molecule has 2 aromatic carbocycles. The van der Waals surface area contributed by atoms with Crippen LogP contribution in [0, 0.1) is 6.92 Å². The maximum Gasteiger partial charge on any atom is 0.258 e. The van der Waals surface area contributed by atoms with Crippen molar-refractivity contribution in [1.29, 1.82) is 0 Å². The molecular formula is C15H13BrN4O. The highest BCUT2D eigenvalue weighted by Gasteiger charge is 2.12. The van der Waals surface area contributed by atoms with Crippen molar-refractivity contribution in [2.75, 3.05) is 11.5 Å². The fourth-order valence-corrected chi connectivity index (χ4v) is 2.37. The van der Waals surface area contributed by atoms with E-state index in [1.54, 1.807) is 18.2 Å². The molecule has 0 unspecified atom stereocenters. The molecule has 3 rings (SSSR count). The van der Waals surface area contributed by atoms with Crippen LogP contribution in [0.1, 0.15) is 5.56 Å². The molecule has 0 radical (unpaired) electrons. The first-order valence-corrected chi connectivity index (χ1v) is 7.09. The number of aromatic nitrogens is 2. The summed E-state index contributed by atoms with van der Waals surface area (Å²) in [6.07, 6.45) is 0. The normalized spacial score (nSPS) is 10.8. The molecule has 6 heteroatoms. The number of anilines is 2. The number of nitrogens with two attached hydrogens (primary N) is 2. The molecule has 0 aliphatic carbocycles. The van der Waals surface area contributed by atoms with Gasteiger partial charge in [0.05, 0.1) is 0 Å². The third-order valence-electron chi connectivity index (χ3n) is 3.08. The van der Waals surface area contributed by atoms with Crippen LogP contribution in [0.25, 0.3) is 22.8 Å². The van der Waals surface area contributed by atoms with E-state index in [-0.39, 0.29) is 0 Å². The minimum atomic E-state index is 0.390. The molecule has 0 atom stereocenters. The number of aryl methyl sites for hydroxylation is 1. The molecule has 5 nitrogen and oxygen atoms in total. The molecule has 21 heavy (non-hydrogen) atoms. The molecule has 0 aliphatic rings. The molecule has 0 saturated heterocycles. The van der Waals surface area contributed by atoms with Gasteiger partial charge in [-0.15, -0.1) is 0 Å². The van der Waals surface area contributed by atoms with E-state index < -0.39 is 0 Å². The minimum absolute atomic E-state index is 0.390. The van der Waals surface area contributed by atoms with Crippen molar-refractivity contribution in [2.24, 2.45) is 0 Å². The average molecular weight is 345 g/mol. The number of benzene rings is 2. The zero-order valence-electron chi connectivity index (χ0n) is 11.3. The first-order valence-electron chi connectivity index (χ1n) is 6.29. The highest BCUT2D eigenvalue weighted by molar-refractivity contribution is 9.10. The van der Waals surface area contributed by atoms with Gasteiger partial charge in [0.25, 0.3) is 5.89 Å². The molecular weight excluding hydrogens is 332 g/mol. The fraction of sp³-hybridized carbons (Fsp3) is 0.0667. The Morgan fingerprint density at radius 1 is 1.00 bits per heavy atom. The number of rotatable bonds is 2. The van der Waals surface area contributed by atoms with Gasteiger partial charge in [0, 0.05) is 27.0 Å². The highest BCUT2D eigenvalue weighted by atomic mass is 79.9. The fourth-order valence-electron chi connectivity index (χ4n) is 1.99. The van der Waals surface area contributed by atoms with E-state index in [0.29, 0.717) is 28.7 Å². The zero-order valence-corrected chi connectivity index (χ0v) is 12.9. The Hall–Kier alpha value is -2.34. The lowest BCUT2D eigenvalue weighted by Gasteiger charge is -2.00. The second kappa shape index (κ2) is 5.21. The number of halogens is 1. The van der Waals surface area contributed by atoms with Gasteiger partial charge in [-0.25, -0.2) is 0 Å². The van der Waals surface area contributed by atoms with Gasteiger partial charge >= 0.3 is 0 Å². The zero-order chi connectivity index (χ0) is 15.0. The maximum atomic E-state index is 5.78. The molecule has 0 spiro atoms. The predicted molar refractivity (Wildman–Crippen MR) is 86.4 cm³/mol. The van der Waals surface area contributed by atoms with Crippen molar-refractivity contribution >= 4 is 27.3 Å². The SMILES string of the molecule is Cc1ccc(-c2noc(-c3cc(N)cc(N)c3)n2)cc1Br. The maximum absolute atomic E-state index is 5.78. The van der Waals surface area contributed by atoms with Gasteiger partial charge in [-0.3, -0.25) is 0 Å². The lowest BCUT2D eigenvalue weighted by atomic mass is 10.1. The number of hydrogen-bond acceptors (Lipinski definition) is 5. The summed E-state index contributed by atoms with van der Waals surface area (Å²) in [5.74, 6) is 0.910. The van der Waals surface area contributed by atoms with Gasteiger partial charge in [0.15, 0.2) is 0 Å². The van der Waals surface area contributed by atoms with Gasteiger partial charge in [0.2, 0.25) is 5.82 Å². The summed E-state index contributed by atoms with van der Waals surface area (Å²) in [5, 5.41) is 4.00. The first kappa shape index (κ1) is 13.6. The first-order chi connectivity index (χ1) is 10.0. The summed E-state index contributed by atoms with van der Waals surface area (Å²) in [7, 11) is 0. The van der Waals surface area contributed by atoms with Crippen LogP contribution in [0.5, 0.6) is 0 Å². The molecule has 0 fully saturated rings. The van der Waals surface area contributed by atoms with E-state index in [9.17, 15) is 0 Å². The van der Waals surface area contributed by atoms with Crippen LogP contribution in [-0.2, 0) is 0 Å². The molecule has 106 valence electrons. The van der Waals surface area contributed by atoms with Gasteiger partial charge < -0.3 is 16.0 Å². The Kier molecular flexibility index (Phi) is 3.39. The van der Waals surface area contributed by atoms with Crippen LogP contribution in [0.2, 0.25) is 0 Å². The van der Waals surface area contributed by atoms with Crippen molar-refractivity contribution in [3.05, 3.63) is 46.4 Å². The van der Waals surface area contributed by atoms with Crippen molar-refractivity contribution in [1.82, 2.24) is 10.1 Å². The van der Waals surface area contributed by atoms with E-state index in [2.05, 4.69) is 26.1 Å². The molecule has 1 aromatic heterocycles. The summed E-state index contributed by atoms with van der Waals surface area (Å²) < 4.78 is 6.30. The van der Waals surface area contributed by atoms with Gasteiger partial charge in [0.1, 0.15) is 0 Å². The molecule has 0 bridgehead atoms. The quantitative estimate of drug-likeness (QED) is 0.692. The molecule has 1 heterocycles. The summed E-state index contributed by atoms with van der Waals surface area (Å²) in [5.41, 5.74) is 15.4. The van der Waals surface area contributed by atoms with E-state index >= 15 is 0 Å². The summed E-state index contributed by atoms with van der Waals surface area (Å²) in [4.78, 5) is 4.39. The van der Waals surface area contributed by atoms with E-state index in [4.69, 9.17) is 16.0 Å². The topological polar surface area (TPSA) is 91.0 Å². The Morgan fingerprint density at radius 3 is 2.38 bits per heavy atom. The minimum Gasteiger partial charge on any atom is -0.399 e. The number of nitrogens with zero attached hydrogens (tertiary/aromatic N) is 2. The van der Waals surface area contributed by atoms with Crippen molar-refractivity contribution in [3.63, 3.8) is 0 Å². The monoisotopic (exact) mass is 344 g/mol. The second-order valence-electron chi connectivity index (χ2n) is 4.78. The Labute approximate surface area is 130 Å². The average Bonchev–Trinajstić information content (AvgIpc) is 2.90. The molecule has 0 aliphatic heterocycles. The Morgan fingerprint density at radius 2 is 1.71 bits per heavy atom.